The van der Waals surface area contributed by atoms with Crippen LogP contribution >= 0.6 is 39.0 Å². The minimum absolute atomic E-state index is 0.287. The molecule has 2 unspecified atom stereocenters. The van der Waals surface area contributed by atoms with Crippen molar-refractivity contribution in [3.63, 3.8) is 0 Å². The van der Waals surface area contributed by atoms with Crippen LogP contribution in [0.15, 0.2) is 15.9 Å². The molecule has 2 atom stereocenters. The van der Waals surface area contributed by atoms with Gasteiger partial charge in [0.05, 0.1) is 3.79 Å². The van der Waals surface area contributed by atoms with Gasteiger partial charge >= 0.3 is 0 Å². The minimum Gasteiger partial charge on any atom is -0.327 e. The molecular weight excluding hydrogens is 290 g/mol. The summed E-state index contributed by atoms with van der Waals surface area (Å²) in [5, 5.41) is 0.728. The van der Waals surface area contributed by atoms with Crippen molar-refractivity contribution in [2.45, 2.75) is 38.0 Å². The van der Waals surface area contributed by atoms with E-state index in [4.69, 9.17) is 5.73 Å². The van der Waals surface area contributed by atoms with E-state index in [-0.39, 0.29) is 6.04 Å². The van der Waals surface area contributed by atoms with Crippen molar-refractivity contribution in [2.75, 3.05) is 5.75 Å². The van der Waals surface area contributed by atoms with Crippen LogP contribution in [0.5, 0.6) is 0 Å². The van der Waals surface area contributed by atoms with E-state index in [1.807, 2.05) is 11.8 Å². The SMILES string of the molecule is CCC(C)SCC(N)Cc1ccc(Br)s1. The van der Waals surface area contributed by atoms with Crippen LogP contribution in [0.2, 0.25) is 0 Å². The van der Waals surface area contributed by atoms with E-state index in [0.29, 0.717) is 0 Å². The Kier molecular flexibility index (Phi) is 6.27. The van der Waals surface area contributed by atoms with E-state index in [1.165, 1.54) is 15.1 Å². The molecule has 1 nitrogen and oxygen atoms in total. The molecule has 15 heavy (non-hydrogen) atoms. The predicted octanol–water partition coefficient (Wildman–Crippen LogP) is 3.91. The van der Waals surface area contributed by atoms with Gasteiger partial charge in [0.25, 0.3) is 0 Å². The molecule has 0 spiro atoms. The maximum Gasteiger partial charge on any atom is 0.0701 e. The summed E-state index contributed by atoms with van der Waals surface area (Å²) in [7, 11) is 0. The average molecular weight is 308 g/mol. The fourth-order valence-electron chi connectivity index (χ4n) is 1.18. The number of thiophene rings is 1. The van der Waals surface area contributed by atoms with E-state index in [1.54, 1.807) is 11.3 Å². The van der Waals surface area contributed by atoms with Gasteiger partial charge in [-0.25, -0.2) is 0 Å². The third-order valence-corrected chi connectivity index (χ3v) is 5.43. The van der Waals surface area contributed by atoms with E-state index in [9.17, 15) is 0 Å². The lowest BCUT2D eigenvalue weighted by atomic mass is 10.2. The predicted molar refractivity (Wildman–Crippen MR) is 75.9 cm³/mol. The van der Waals surface area contributed by atoms with Crippen LogP contribution in [0.4, 0.5) is 0 Å². The topological polar surface area (TPSA) is 26.0 Å². The first-order valence-electron chi connectivity index (χ1n) is 5.23. The molecule has 4 heteroatoms. The first kappa shape index (κ1) is 13.6. The number of thioether (sulfide) groups is 1. The molecule has 86 valence electrons. The molecule has 0 amide bonds. The molecule has 0 saturated carbocycles. The van der Waals surface area contributed by atoms with Crippen LogP contribution in [0.3, 0.4) is 0 Å². The van der Waals surface area contributed by atoms with Crippen LogP contribution in [-0.4, -0.2) is 17.0 Å². The van der Waals surface area contributed by atoms with E-state index in [0.717, 1.165) is 17.4 Å². The largest absolute Gasteiger partial charge is 0.327 e. The molecule has 1 aromatic heterocycles. The highest BCUT2D eigenvalue weighted by molar-refractivity contribution is 9.11. The van der Waals surface area contributed by atoms with Gasteiger partial charge in [-0.3, -0.25) is 0 Å². The summed E-state index contributed by atoms with van der Waals surface area (Å²) in [6, 6.07) is 4.53. The first-order chi connectivity index (χ1) is 7.11. The van der Waals surface area contributed by atoms with Crippen molar-refractivity contribution in [1.29, 1.82) is 0 Å². The molecule has 1 heterocycles. The van der Waals surface area contributed by atoms with Gasteiger partial charge in [0.1, 0.15) is 0 Å². The molecule has 1 rings (SSSR count). The third kappa shape index (κ3) is 5.38. The van der Waals surface area contributed by atoms with Gasteiger partial charge in [0, 0.05) is 21.9 Å². The highest BCUT2D eigenvalue weighted by Gasteiger charge is 2.08. The Morgan fingerprint density at radius 1 is 1.53 bits per heavy atom. The number of hydrogen-bond donors (Lipinski definition) is 1. The standard InChI is InChI=1S/C11H18BrNS2/c1-3-8(2)14-7-9(13)6-10-4-5-11(12)15-10/h4-5,8-9H,3,6-7,13H2,1-2H3. The number of nitrogens with two attached hydrogens (primary N) is 1. The number of hydrogen-bond acceptors (Lipinski definition) is 3. The lowest BCUT2D eigenvalue weighted by Gasteiger charge is -2.13. The van der Waals surface area contributed by atoms with Gasteiger partial charge in [-0.15, -0.1) is 11.3 Å². The maximum atomic E-state index is 6.09. The van der Waals surface area contributed by atoms with Gasteiger partial charge in [-0.2, -0.15) is 11.8 Å². The van der Waals surface area contributed by atoms with Crippen molar-refractivity contribution in [1.82, 2.24) is 0 Å². The van der Waals surface area contributed by atoms with Gasteiger partial charge in [-0.1, -0.05) is 13.8 Å². The Labute approximate surface area is 109 Å². The molecule has 0 aliphatic heterocycles. The Bertz CT molecular complexity index is 288. The number of rotatable bonds is 6. The summed E-state index contributed by atoms with van der Waals surface area (Å²) >= 11 is 7.23. The molecule has 0 bridgehead atoms. The van der Waals surface area contributed by atoms with Crippen molar-refractivity contribution in [3.05, 3.63) is 20.8 Å². The summed E-state index contributed by atoms with van der Waals surface area (Å²) in [6.07, 6.45) is 2.22. The molecular formula is C11H18BrNS2. The highest BCUT2D eigenvalue weighted by Crippen LogP contribution is 2.24. The first-order valence-corrected chi connectivity index (χ1v) is 7.89. The maximum absolute atomic E-state index is 6.09. The summed E-state index contributed by atoms with van der Waals surface area (Å²) in [5.74, 6) is 1.06. The van der Waals surface area contributed by atoms with Gasteiger partial charge in [0.2, 0.25) is 0 Å². The quantitative estimate of drug-likeness (QED) is 0.862. The lowest BCUT2D eigenvalue weighted by Crippen LogP contribution is -2.26. The van der Waals surface area contributed by atoms with Crippen LogP contribution < -0.4 is 5.73 Å². The molecule has 0 aliphatic carbocycles. The molecule has 2 N–H and O–H groups in total. The molecule has 1 aromatic rings. The molecule has 0 saturated heterocycles. The van der Waals surface area contributed by atoms with Gasteiger partial charge < -0.3 is 5.73 Å². The van der Waals surface area contributed by atoms with Crippen LogP contribution in [-0.2, 0) is 6.42 Å². The zero-order chi connectivity index (χ0) is 11.3. The fraction of sp³-hybridized carbons (Fsp3) is 0.636. The zero-order valence-electron chi connectivity index (χ0n) is 9.20. The summed E-state index contributed by atoms with van der Waals surface area (Å²) in [4.78, 5) is 1.37. The second-order valence-electron chi connectivity index (χ2n) is 3.72. The highest BCUT2D eigenvalue weighted by atomic mass is 79.9. The Morgan fingerprint density at radius 2 is 2.27 bits per heavy atom. The lowest BCUT2D eigenvalue weighted by molar-refractivity contribution is 0.753. The number of halogens is 1. The molecule has 0 fully saturated rings. The fourth-order valence-corrected chi connectivity index (χ4v) is 3.69. The van der Waals surface area contributed by atoms with Crippen LogP contribution in [0.25, 0.3) is 0 Å². The smallest absolute Gasteiger partial charge is 0.0701 e. The third-order valence-electron chi connectivity index (χ3n) is 2.26. The second kappa shape index (κ2) is 6.94. The van der Waals surface area contributed by atoms with Gasteiger partial charge in [-0.05, 0) is 40.9 Å². The molecule has 0 aromatic carbocycles. The van der Waals surface area contributed by atoms with Crippen molar-refractivity contribution < 1.29 is 0 Å². The van der Waals surface area contributed by atoms with Crippen molar-refractivity contribution in [3.8, 4) is 0 Å². The van der Waals surface area contributed by atoms with Crippen LogP contribution in [0, 0.1) is 0 Å². The van der Waals surface area contributed by atoms with Gasteiger partial charge in [0.15, 0.2) is 0 Å². The van der Waals surface area contributed by atoms with E-state index in [2.05, 4.69) is 41.9 Å². The molecule has 0 aliphatic rings. The average Bonchev–Trinajstić information content (AvgIpc) is 2.60. The minimum atomic E-state index is 0.287. The van der Waals surface area contributed by atoms with Crippen molar-refractivity contribution >= 4 is 39.0 Å². The van der Waals surface area contributed by atoms with E-state index >= 15 is 0 Å². The summed E-state index contributed by atoms with van der Waals surface area (Å²) in [6.45, 7) is 4.48. The summed E-state index contributed by atoms with van der Waals surface area (Å²) < 4.78 is 1.19. The summed E-state index contributed by atoms with van der Waals surface area (Å²) in [5.41, 5.74) is 6.09. The second-order valence-corrected chi connectivity index (χ2v) is 7.74. The van der Waals surface area contributed by atoms with Crippen molar-refractivity contribution in [2.24, 2.45) is 5.73 Å². The normalized spacial score (nSPS) is 15.2. The Morgan fingerprint density at radius 3 is 2.80 bits per heavy atom. The Balaban J connectivity index is 2.27. The van der Waals surface area contributed by atoms with Crippen LogP contribution in [0.1, 0.15) is 25.1 Å². The zero-order valence-corrected chi connectivity index (χ0v) is 12.4. The monoisotopic (exact) mass is 307 g/mol. The Hall–Kier alpha value is 0.490. The molecule has 0 radical (unpaired) electrons. The van der Waals surface area contributed by atoms with E-state index < -0.39 is 0 Å².